The van der Waals surface area contributed by atoms with Gasteiger partial charge in [-0.25, -0.2) is 4.39 Å². The Hall–Kier alpha value is -2.11. The number of rotatable bonds is 6. The van der Waals surface area contributed by atoms with E-state index < -0.39 is 0 Å². The molecule has 0 saturated heterocycles. The number of halogens is 1. The van der Waals surface area contributed by atoms with Gasteiger partial charge < -0.3 is 15.5 Å². The summed E-state index contributed by atoms with van der Waals surface area (Å²) in [6.45, 7) is 3.12. The van der Waals surface area contributed by atoms with Gasteiger partial charge in [0, 0.05) is 40.7 Å². The normalized spacial score (nSPS) is 11.2. The van der Waals surface area contributed by atoms with E-state index in [0.29, 0.717) is 25.5 Å². The van der Waals surface area contributed by atoms with Crippen LogP contribution < -0.4 is 10.6 Å². The summed E-state index contributed by atoms with van der Waals surface area (Å²) in [5.74, 6) is 0.522. The number of hydrogen-bond acceptors (Lipinski definition) is 2. The van der Waals surface area contributed by atoms with Gasteiger partial charge in [0.05, 0.1) is 0 Å². The van der Waals surface area contributed by atoms with E-state index >= 15 is 0 Å². The molecule has 1 aromatic carbocycles. The minimum absolute atomic E-state index is 0.0740. The maximum absolute atomic E-state index is 13.0. The standard InChI is InChI=1S/C16H25FN4O/c1-12-11-14(17)6-5-13(12)7-9-19-16(18-2)20-10-8-15(22)21(3)4/h5-6,11H,7-10H2,1-4H3,(H2,18,19,20). The molecule has 0 aromatic heterocycles. The first kappa shape index (κ1) is 17.9. The van der Waals surface area contributed by atoms with Gasteiger partial charge in [0.25, 0.3) is 0 Å². The van der Waals surface area contributed by atoms with Crippen LogP contribution in [0.15, 0.2) is 23.2 Å². The number of aryl methyl sites for hydroxylation is 1. The van der Waals surface area contributed by atoms with Gasteiger partial charge in [-0.3, -0.25) is 9.79 Å². The van der Waals surface area contributed by atoms with Gasteiger partial charge in [-0.2, -0.15) is 0 Å². The van der Waals surface area contributed by atoms with Crippen molar-refractivity contribution in [3.8, 4) is 0 Å². The average Bonchev–Trinajstić information content (AvgIpc) is 2.47. The lowest BCUT2D eigenvalue weighted by Crippen LogP contribution is -2.40. The first-order chi connectivity index (χ1) is 10.4. The summed E-state index contributed by atoms with van der Waals surface area (Å²) < 4.78 is 13.0. The molecule has 122 valence electrons. The topological polar surface area (TPSA) is 56.7 Å². The third kappa shape index (κ3) is 6.11. The molecule has 0 aliphatic rings. The number of benzene rings is 1. The fourth-order valence-electron chi connectivity index (χ4n) is 1.99. The quantitative estimate of drug-likeness (QED) is 0.615. The Morgan fingerprint density at radius 2 is 1.95 bits per heavy atom. The summed E-state index contributed by atoms with van der Waals surface area (Å²) in [6.07, 6.45) is 1.20. The summed E-state index contributed by atoms with van der Waals surface area (Å²) in [5.41, 5.74) is 2.05. The predicted molar refractivity (Wildman–Crippen MR) is 87.5 cm³/mol. The van der Waals surface area contributed by atoms with Crippen LogP contribution in [0.5, 0.6) is 0 Å². The molecule has 22 heavy (non-hydrogen) atoms. The van der Waals surface area contributed by atoms with Crippen molar-refractivity contribution in [2.24, 2.45) is 4.99 Å². The van der Waals surface area contributed by atoms with Gasteiger partial charge in [-0.1, -0.05) is 6.07 Å². The van der Waals surface area contributed by atoms with E-state index in [-0.39, 0.29) is 11.7 Å². The number of nitrogens with one attached hydrogen (secondary N) is 2. The Balaban J connectivity index is 2.34. The van der Waals surface area contributed by atoms with Crippen molar-refractivity contribution < 1.29 is 9.18 Å². The molecule has 0 bridgehead atoms. The Morgan fingerprint density at radius 3 is 2.55 bits per heavy atom. The first-order valence-electron chi connectivity index (χ1n) is 7.33. The number of nitrogens with zero attached hydrogens (tertiary/aromatic N) is 2. The lowest BCUT2D eigenvalue weighted by molar-refractivity contribution is -0.128. The molecule has 5 nitrogen and oxygen atoms in total. The second kappa shape index (κ2) is 9.02. The Kier molecular flexibility index (Phi) is 7.36. The van der Waals surface area contributed by atoms with Gasteiger partial charge in [0.1, 0.15) is 5.82 Å². The minimum atomic E-state index is -0.211. The van der Waals surface area contributed by atoms with Crippen molar-refractivity contribution in [1.82, 2.24) is 15.5 Å². The smallest absolute Gasteiger partial charge is 0.223 e. The Morgan fingerprint density at radius 1 is 1.27 bits per heavy atom. The highest BCUT2D eigenvalue weighted by Gasteiger charge is 2.05. The molecule has 0 aliphatic heterocycles. The molecule has 0 heterocycles. The van der Waals surface area contributed by atoms with Crippen molar-refractivity contribution >= 4 is 11.9 Å². The fourth-order valence-corrected chi connectivity index (χ4v) is 1.99. The molecule has 1 amide bonds. The van der Waals surface area contributed by atoms with Crippen molar-refractivity contribution in [3.05, 3.63) is 35.1 Å². The number of hydrogen-bond donors (Lipinski definition) is 2. The van der Waals surface area contributed by atoms with Crippen LogP contribution >= 0.6 is 0 Å². The lowest BCUT2D eigenvalue weighted by Gasteiger charge is -2.14. The van der Waals surface area contributed by atoms with Crippen LogP contribution in [0.4, 0.5) is 4.39 Å². The molecule has 0 radical (unpaired) electrons. The summed E-state index contributed by atoms with van der Waals surface area (Å²) in [4.78, 5) is 17.1. The first-order valence-corrected chi connectivity index (χ1v) is 7.33. The third-order valence-electron chi connectivity index (χ3n) is 3.35. The highest BCUT2D eigenvalue weighted by atomic mass is 19.1. The zero-order valence-electron chi connectivity index (χ0n) is 13.7. The molecule has 0 saturated carbocycles. The molecule has 2 N–H and O–H groups in total. The van der Waals surface area contributed by atoms with E-state index in [9.17, 15) is 9.18 Å². The van der Waals surface area contributed by atoms with Crippen molar-refractivity contribution in [2.75, 3.05) is 34.2 Å². The summed E-state index contributed by atoms with van der Waals surface area (Å²) in [5, 5.41) is 6.28. The lowest BCUT2D eigenvalue weighted by atomic mass is 10.1. The molecular weight excluding hydrogens is 283 g/mol. The second-order valence-electron chi connectivity index (χ2n) is 5.28. The van der Waals surface area contributed by atoms with Crippen LogP contribution in [0.25, 0.3) is 0 Å². The third-order valence-corrected chi connectivity index (χ3v) is 3.35. The van der Waals surface area contributed by atoms with Gasteiger partial charge in [0.2, 0.25) is 5.91 Å². The Bertz CT molecular complexity index is 529. The maximum atomic E-state index is 13.0. The zero-order valence-corrected chi connectivity index (χ0v) is 13.7. The van der Waals surface area contributed by atoms with Crippen molar-refractivity contribution in [3.63, 3.8) is 0 Å². The maximum Gasteiger partial charge on any atom is 0.223 e. The molecule has 0 spiro atoms. The molecule has 0 unspecified atom stereocenters. The summed E-state index contributed by atoms with van der Waals surface area (Å²) in [7, 11) is 5.16. The highest BCUT2D eigenvalue weighted by molar-refractivity contribution is 5.81. The van der Waals surface area contributed by atoms with Crippen molar-refractivity contribution in [2.45, 2.75) is 19.8 Å². The van der Waals surface area contributed by atoms with Gasteiger partial charge >= 0.3 is 0 Å². The van der Waals surface area contributed by atoms with Crippen LogP contribution in [0.1, 0.15) is 17.5 Å². The van der Waals surface area contributed by atoms with E-state index in [1.54, 1.807) is 32.1 Å². The van der Waals surface area contributed by atoms with Crippen LogP contribution in [-0.4, -0.2) is 51.0 Å². The largest absolute Gasteiger partial charge is 0.356 e. The average molecular weight is 308 g/mol. The number of aliphatic imine (C=N–C) groups is 1. The molecule has 1 aromatic rings. The van der Waals surface area contributed by atoms with E-state index in [4.69, 9.17) is 0 Å². The van der Waals surface area contributed by atoms with E-state index in [2.05, 4.69) is 15.6 Å². The molecule has 1 rings (SSSR count). The summed E-state index contributed by atoms with van der Waals surface area (Å²) >= 11 is 0. The molecule has 0 fully saturated rings. The van der Waals surface area contributed by atoms with Crippen LogP contribution in [0, 0.1) is 12.7 Å². The number of amides is 1. The predicted octanol–water partition coefficient (Wildman–Crippen LogP) is 1.32. The van der Waals surface area contributed by atoms with Gasteiger partial charge in [-0.05, 0) is 36.6 Å². The number of guanidine groups is 1. The van der Waals surface area contributed by atoms with Gasteiger partial charge in [0.15, 0.2) is 5.96 Å². The minimum Gasteiger partial charge on any atom is -0.356 e. The van der Waals surface area contributed by atoms with E-state index in [1.807, 2.05) is 6.92 Å². The number of carbonyl (C=O) groups is 1. The molecule has 0 atom stereocenters. The second-order valence-corrected chi connectivity index (χ2v) is 5.28. The SMILES string of the molecule is CN=C(NCCC(=O)N(C)C)NCCc1ccc(F)cc1C. The zero-order chi connectivity index (χ0) is 16.5. The molecular formula is C16H25FN4O. The number of carbonyl (C=O) groups excluding carboxylic acids is 1. The Labute approximate surface area is 131 Å². The van der Waals surface area contributed by atoms with E-state index in [1.165, 1.54) is 12.1 Å². The van der Waals surface area contributed by atoms with Gasteiger partial charge in [-0.15, -0.1) is 0 Å². The summed E-state index contributed by atoms with van der Waals surface area (Å²) in [6, 6.07) is 4.82. The highest BCUT2D eigenvalue weighted by Crippen LogP contribution is 2.10. The fraction of sp³-hybridized carbons (Fsp3) is 0.500. The van der Waals surface area contributed by atoms with Crippen molar-refractivity contribution in [1.29, 1.82) is 0 Å². The monoisotopic (exact) mass is 308 g/mol. The van der Waals surface area contributed by atoms with Crippen LogP contribution in [0.3, 0.4) is 0 Å². The van der Waals surface area contributed by atoms with E-state index in [0.717, 1.165) is 17.5 Å². The van der Waals surface area contributed by atoms with Crippen LogP contribution in [-0.2, 0) is 11.2 Å². The molecule has 6 heteroatoms. The van der Waals surface area contributed by atoms with Crippen LogP contribution in [0.2, 0.25) is 0 Å². The molecule has 0 aliphatic carbocycles.